The molecule has 0 aliphatic heterocycles. The quantitative estimate of drug-likeness (QED) is 0.766. The molecule has 0 atom stereocenters. The van der Waals surface area contributed by atoms with Gasteiger partial charge in [-0.25, -0.2) is 9.78 Å². The van der Waals surface area contributed by atoms with Gasteiger partial charge in [0.15, 0.2) is 0 Å². The number of rotatable bonds is 2. The summed E-state index contributed by atoms with van der Waals surface area (Å²) in [6.45, 7) is 0. The first-order valence-corrected chi connectivity index (χ1v) is 4.55. The van der Waals surface area contributed by atoms with Gasteiger partial charge in [0.2, 0.25) is 0 Å². The van der Waals surface area contributed by atoms with Crippen molar-refractivity contribution in [1.82, 2.24) is 4.98 Å². The average Bonchev–Trinajstić information content (AvgIpc) is 2.98. The van der Waals surface area contributed by atoms with Gasteiger partial charge in [0.05, 0.1) is 11.5 Å². The minimum atomic E-state index is -1.16. The van der Waals surface area contributed by atoms with Crippen LogP contribution in [0.3, 0.4) is 0 Å². The van der Waals surface area contributed by atoms with Crippen molar-refractivity contribution in [3.8, 4) is 6.07 Å². The summed E-state index contributed by atoms with van der Waals surface area (Å²) in [5.74, 6) is 0.268. The van der Waals surface area contributed by atoms with E-state index in [9.17, 15) is 4.79 Å². The Morgan fingerprint density at radius 1 is 1.67 bits per heavy atom. The lowest BCUT2D eigenvalue weighted by Gasteiger charge is -2.10. The molecule has 1 fully saturated rings. The number of aromatic nitrogens is 1. The van der Waals surface area contributed by atoms with Crippen LogP contribution in [-0.2, 0) is 5.41 Å². The molecule has 15 heavy (non-hydrogen) atoms. The topological polar surface area (TPSA) is 86.0 Å². The lowest BCUT2D eigenvalue weighted by atomic mass is 9.98. The summed E-state index contributed by atoms with van der Waals surface area (Å²) >= 11 is 0. The van der Waals surface area contributed by atoms with Gasteiger partial charge >= 0.3 is 6.09 Å². The van der Waals surface area contributed by atoms with E-state index in [2.05, 4.69) is 16.4 Å². The van der Waals surface area contributed by atoms with Crippen LogP contribution in [0.5, 0.6) is 0 Å². The Bertz CT molecular complexity index is 446. The fourth-order valence-electron chi connectivity index (χ4n) is 1.56. The minimum Gasteiger partial charge on any atom is -0.465 e. The Morgan fingerprint density at radius 2 is 2.40 bits per heavy atom. The van der Waals surface area contributed by atoms with Crippen LogP contribution < -0.4 is 5.32 Å². The molecule has 2 rings (SSSR count). The van der Waals surface area contributed by atoms with E-state index in [1.165, 1.54) is 6.20 Å². The Morgan fingerprint density at radius 3 is 2.93 bits per heavy atom. The Kier molecular flexibility index (Phi) is 2.05. The molecule has 0 aromatic carbocycles. The number of nitriles is 1. The zero-order valence-corrected chi connectivity index (χ0v) is 7.90. The summed E-state index contributed by atoms with van der Waals surface area (Å²) < 4.78 is 0. The third-order valence-corrected chi connectivity index (χ3v) is 2.51. The number of carbonyl (C=O) groups is 1. The highest BCUT2D eigenvalue weighted by Crippen LogP contribution is 2.49. The standard InChI is InChI=1S/C10H9N3O2/c11-6-10(3-4-10)7-2-1-5-12-8(7)13-9(14)15/h1-2,5H,3-4H2,(H,12,13)(H,14,15). The Hall–Kier alpha value is -2.09. The number of anilines is 1. The first kappa shape index (κ1) is 9.46. The second kappa shape index (κ2) is 3.24. The summed E-state index contributed by atoms with van der Waals surface area (Å²) in [5.41, 5.74) is 0.154. The molecule has 0 spiro atoms. The SMILES string of the molecule is N#CC1(c2cccnc2NC(=O)O)CC1. The molecule has 0 radical (unpaired) electrons. The van der Waals surface area contributed by atoms with E-state index in [1.54, 1.807) is 12.1 Å². The van der Waals surface area contributed by atoms with Gasteiger partial charge in [-0.1, -0.05) is 6.07 Å². The molecule has 5 nitrogen and oxygen atoms in total. The molecule has 76 valence electrons. The van der Waals surface area contributed by atoms with Crippen LogP contribution in [0.25, 0.3) is 0 Å². The van der Waals surface area contributed by atoms with E-state index in [-0.39, 0.29) is 5.82 Å². The molecule has 1 aliphatic rings. The number of hydrogen-bond donors (Lipinski definition) is 2. The summed E-state index contributed by atoms with van der Waals surface area (Å²) in [5, 5.41) is 19.8. The number of nitrogens with zero attached hydrogens (tertiary/aromatic N) is 2. The fourth-order valence-corrected chi connectivity index (χ4v) is 1.56. The molecule has 1 heterocycles. The van der Waals surface area contributed by atoms with Gasteiger partial charge in [-0.05, 0) is 18.9 Å². The minimum absolute atomic E-state index is 0.268. The third kappa shape index (κ3) is 1.62. The van der Waals surface area contributed by atoms with Crippen LogP contribution in [0.2, 0.25) is 0 Å². The lowest BCUT2D eigenvalue weighted by Crippen LogP contribution is -2.14. The second-order valence-corrected chi connectivity index (χ2v) is 3.52. The van der Waals surface area contributed by atoms with E-state index in [1.807, 2.05) is 0 Å². The van der Waals surface area contributed by atoms with Gasteiger partial charge in [-0.3, -0.25) is 5.32 Å². The first-order chi connectivity index (χ1) is 7.18. The molecule has 2 N–H and O–H groups in total. The molecular formula is C10H9N3O2. The fraction of sp³-hybridized carbons (Fsp3) is 0.300. The van der Waals surface area contributed by atoms with Crippen molar-refractivity contribution in [3.63, 3.8) is 0 Å². The highest BCUT2D eigenvalue weighted by molar-refractivity contribution is 5.83. The Labute approximate surface area is 86.4 Å². The van der Waals surface area contributed by atoms with E-state index < -0.39 is 11.5 Å². The van der Waals surface area contributed by atoms with E-state index in [0.717, 1.165) is 12.8 Å². The maximum absolute atomic E-state index is 10.5. The van der Waals surface area contributed by atoms with E-state index >= 15 is 0 Å². The maximum atomic E-state index is 10.5. The van der Waals surface area contributed by atoms with Gasteiger partial charge in [0.1, 0.15) is 5.82 Å². The van der Waals surface area contributed by atoms with E-state index in [4.69, 9.17) is 10.4 Å². The third-order valence-electron chi connectivity index (χ3n) is 2.51. The van der Waals surface area contributed by atoms with Crippen LogP contribution >= 0.6 is 0 Å². The van der Waals surface area contributed by atoms with Crippen LogP contribution in [0.1, 0.15) is 18.4 Å². The van der Waals surface area contributed by atoms with Crippen LogP contribution in [0, 0.1) is 11.3 Å². The summed E-state index contributed by atoms with van der Waals surface area (Å²) in [7, 11) is 0. The van der Waals surface area contributed by atoms with Crippen molar-refractivity contribution in [2.45, 2.75) is 18.3 Å². The van der Waals surface area contributed by atoms with Gasteiger partial charge in [0, 0.05) is 11.8 Å². The molecule has 1 saturated carbocycles. The van der Waals surface area contributed by atoms with Crippen LogP contribution in [-0.4, -0.2) is 16.2 Å². The molecular weight excluding hydrogens is 194 g/mol. The number of carboxylic acid groups (broad SMARTS) is 1. The molecule has 0 unspecified atom stereocenters. The summed E-state index contributed by atoms with van der Waals surface area (Å²) in [6, 6.07) is 5.66. The second-order valence-electron chi connectivity index (χ2n) is 3.52. The normalized spacial score (nSPS) is 16.5. The largest absolute Gasteiger partial charge is 0.465 e. The molecule has 1 aromatic rings. The van der Waals surface area contributed by atoms with Gasteiger partial charge in [-0.15, -0.1) is 0 Å². The predicted molar refractivity (Wildman–Crippen MR) is 52.4 cm³/mol. The van der Waals surface area contributed by atoms with Gasteiger partial charge < -0.3 is 5.11 Å². The van der Waals surface area contributed by atoms with Crippen molar-refractivity contribution < 1.29 is 9.90 Å². The molecule has 5 heteroatoms. The predicted octanol–water partition coefficient (Wildman–Crippen LogP) is 1.73. The maximum Gasteiger partial charge on any atom is 0.410 e. The van der Waals surface area contributed by atoms with Crippen molar-refractivity contribution in [3.05, 3.63) is 23.9 Å². The van der Waals surface area contributed by atoms with Crippen molar-refractivity contribution in [2.75, 3.05) is 5.32 Å². The monoisotopic (exact) mass is 203 g/mol. The average molecular weight is 203 g/mol. The highest BCUT2D eigenvalue weighted by Gasteiger charge is 2.46. The highest BCUT2D eigenvalue weighted by atomic mass is 16.4. The zero-order valence-electron chi connectivity index (χ0n) is 7.90. The van der Waals surface area contributed by atoms with Crippen LogP contribution in [0.15, 0.2) is 18.3 Å². The van der Waals surface area contributed by atoms with Gasteiger partial charge in [-0.2, -0.15) is 5.26 Å². The molecule has 1 amide bonds. The summed E-state index contributed by atoms with van der Waals surface area (Å²) in [6.07, 6.45) is 1.87. The van der Waals surface area contributed by atoms with Crippen molar-refractivity contribution in [2.24, 2.45) is 0 Å². The van der Waals surface area contributed by atoms with E-state index in [0.29, 0.717) is 5.56 Å². The molecule has 1 aliphatic carbocycles. The zero-order chi connectivity index (χ0) is 10.9. The smallest absolute Gasteiger partial charge is 0.410 e. The number of pyridine rings is 1. The van der Waals surface area contributed by atoms with Crippen LogP contribution in [0.4, 0.5) is 10.6 Å². The number of hydrogen-bond acceptors (Lipinski definition) is 3. The molecule has 1 aromatic heterocycles. The lowest BCUT2D eigenvalue weighted by molar-refractivity contribution is 0.209. The van der Waals surface area contributed by atoms with Crippen molar-refractivity contribution in [1.29, 1.82) is 5.26 Å². The molecule has 0 bridgehead atoms. The summed E-state index contributed by atoms with van der Waals surface area (Å²) in [4.78, 5) is 14.5. The molecule has 0 saturated heterocycles. The first-order valence-electron chi connectivity index (χ1n) is 4.55. The van der Waals surface area contributed by atoms with Crippen molar-refractivity contribution >= 4 is 11.9 Å². The van der Waals surface area contributed by atoms with Gasteiger partial charge in [0.25, 0.3) is 0 Å². The Balaban J connectivity index is 2.39. The number of nitrogens with one attached hydrogen (secondary N) is 1. The number of amides is 1.